The largest absolute Gasteiger partial charge is 0.508 e. The van der Waals surface area contributed by atoms with Gasteiger partial charge in [-0.05, 0) is 31.2 Å². The van der Waals surface area contributed by atoms with Gasteiger partial charge in [0.1, 0.15) is 5.75 Å². The van der Waals surface area contributed by atoms with Crippen LogP contribution in [-0.2, 0) is 0 Å². The molecule has 0 aliphatic carbocycles. The zero-order chi connectivity index (χ0) is 11.5. The van der Waals surface area contributed by atoms with Crippen LogP contribution < -0.4 is 5.32 Å². The Balaban J connectivity index is 2.14. The van der Waals surface area contributed by atoms with Crippen LogP contribution in [-0.4, -0.2) is 41.6 Å². The maximum Gasteiger partial charge on any atom is 0.254 e. The first kappa shape index (κ1) is 11.0. The number of piperazine rings is 1. The predicted molar refractivity (Wildman–Crippen MR) is 61.5 cm³/mol. The van der Waals surface area contributed by atoms with E-state index in [9.17, 15) is 4.79 Å². The van der Waals surface area contributed by atoms with E-state index >= 15 is 0 Å². The molecule has 1 aliphatic heterocycles. The number of carbonyl (C=O) groups excluding carboxylic acids is 1. The van der Waals surface area contributed by atoms with E-state index in [0.29, 0.717) is 5.56 Å². The minimum Gasteiger partial charge on any atom is -0.508 e. The molecular formula is C12H16N2O2. The minimum absolute atomic E-state index is 0.0361. The number of rotatable bonds is 1. The first-order valence-electron chi connectivity index (χ1n) is 5.49. The molecule has 86 valence electrons. The summed E-state index contributed by atoms with van der Waals surface area (Å²) in [6.07, 6.45) is 0. The molecule has 4 nitrogen and oxygen atoms in total. The number of carbonyl (C=O) groups is 1. The molecule has 4 heteroatoms. The Morgan fingerprint density at radius 1 is 1.44 bits per heavy atom. The molecule has 0 radical (unpaired) electrons. The lowest BCUT2D eigenvalue weighted by Crippen LogP contribution is -2.52. The second-order valence-corrected chi connectivity index (χ2v) is 4.10. The van der Waals surface area contributed by atoms with Crippen molar-refractivity contribution in [1.29, 1.82) is 0 Å². The highest BCUT2D eigenvalue weighted by Gasteiger charge is 2.23. The van der Waals surface area contributed by atoms with Crippen LogP contribution in [0.1, 0.15) is 17.3 Å². The van der Waals surface area contributed by atoms with E-state index in [1.807, 2.05) is 11.8 Å². The molecule has 1 saturated heterocycles. The Morgan fingerprint density at radius 2 is 2.12 bits per heavy atom. The molecule has 1 aromatic carbocycles. The Bertz CT molecular complexity index is 375. The van der Waals surface area contributed by atoms with Crippen molar-refractivity contribution in [2.75, 3.05) is 19.6 Å². The third-order valence-corrected chi connectivity index (χ3v) is 2.88. The molecule has 1 heterocycles. The molecule has 0 aromatic heterocycles. The van der Waals surface area contributed by atoms with Crippen molar-refractivity contribution in [2.45, 2.75) is 13.0 Å². The summed E-state index contributed by atoms with van der Waals surface area (Å²) in [7, 11) is 0. The lowest BCUT2D eigenvalue weighted by molar-refractivity contribution is 0.0656. The normalized spacial score (nSPS) is 20.8. The number of nitrogens with one attached hydrogen (secondary N) is 1. The molecule has 1 aliphatic rings. The molecule has 2 rings (SSSR count). The molecule has 1 amide bonds. The molecular weight excluding hydrogens is 204 g/mol. The van der Waals surface area contributed by atoms with Crippen LogP contribution >= 0.6 is 0 Å². The fourth-order valence-corrected chi connectivity index (χ4v) is 1.91. The quantitative estimate of drug-likeness (QED) is 0.737. The van der Waals surface area contributed by atoms with Crippen LogP contribution in [0, 0.1) is 0 Å². The van der Waals surface area contributed by atoms with E-state index in [1.165, 1.54) is 0 Å². The third-order valence-electron chi connectivity index (χ3n) is 2.88. The fraction of sp³-hybridized carbons (Fsp3) is 0.417. The van der Waals surface area contributed by atoms with E-state index in [-0.39, 0.29) is 17.7 Å². The smallest absolute Gasteiger partial charge is 0.254 e. The summed E-state index contributed by atoms with van der Waals surface area (Å²) in [6.45, 7) is 4.45. The summed E-state index contributed by atoms with van der Waals surface area (Å²) < 4.78 is 0. The summed E-state index contributed by atoms with van der Waals surface area (Å²) in [5.41, 5.74) is 0.631. The first-order chi connectivity index (χ1) is 7.68. The average molecular weight is 220 g/mol. The lowest BCUT2D eigenvalue weighted by Gasteiger charge is -2.34. The highest BCUT2D eigenvalue weighted by Crippen LogP contribution is 2.14. The number of aromatic hydroxyl groups is 1. The van der Waals surface area contributed by atoms with Gasteiger partial charge in [0, 0.05) is 31.2 Å². The number of hydrogen-bond acceptors (Lipinski definition) is 3. The molecule has 0 saturated carbocycles. The highest BCUT2D eigenvalue weighted by atomic mass is 16.3. The summed E-state index contributed by atoms with van der Waals surface area (Å²) in [5, 5.41) is 12.4. The van der Waals surface area contributed by atoms with Gasteiger partial charge >= 0.3 is 0 Å². The van der Waals surface area contributed by atoms with Gasteiger partial charge in [-0.3, -0.25) is 4.79 Å². The van der Waals surface area contributed by atoms with Crippen LogP contribution in [0.4, 0.5) is 0 Å². The monoisotopic (exact) mass is 220 g/mol. The molecule has 0 bridgehead atoms. The third kappa shape index (κ3) is 2.17. The van der Waals surface area contributed by atoms with Gasteiger partial charge in [-0.25, -0.2) is 0 Å². The molecule has 1 atom stereocenters. The number of phenolic OH excluding ortho intramolecular Hbond substituents is 1. The number of benzene rings is 1. The fourth-order valence-electron chi connectivity index (χ4n) is 1.91. The standard InChI is InChI=1S/C12H16N2O2/c1-9-8-13-6-7-14(9)12(16)10-2-4-11(15)5-3-10/h2-5,9,13,15H,6-8H2,1H3/t9-/m1/s1. The molecule has 0 spiro atoms. The number of phenols is 1. The zero-order valence-electron chi connectivity index (χ0n) is 9.31. The summed E-state index contributed by atoms with van der Waals surface area (Å²) in [5.74, 6) is 0.221. The van der Waals surface area contributed by atoms with Gasteiger partial charge in [0.05, 0.1) is 0 Å². The van der Waals surface area contributed by atoms with E-state index in [0.717, 1.165) is 19.6 Å². The van der Waals surface area contributed by atoms with Crippen molar-refractivity contribution in [3.05, 3.63) is 29.8 Å². The first-order valence-corrected chi connectivity index (χ1v) is 5.49. The number of amides is 1. The Labute approximate surface area is 94.9 Å². The average Bonchev–Trinajstić information content (AvgIpc) is 2.30. The Morgan fingerprint density at radius 3 is 2.75 bits per heavy atom. The van der Waals surface area contributed by atoms with Gasteiger partial charge < -0.3 is 15.3 Å². The van der Waals surface area contributed by atoms with Crippen LogP contribution in [0.25, 0.3) is 0 Å². The van der Waals surface area contributed by atoms with Crippen LogP contribution in [0.15, 0.2) is 24.3 Å². The summed E-state index contributed by atoms with van der Waals surface area (Å²) in [6, 6.07) is 6.62. The van der Waals surface area contributed by atoms with Crippen molar-refractivity contribution in [3.63, 3.8) is 0 Å². The Kier molecular flexibility index (Phi) is 3.10. The van der Waals surface area contributed by atoms with E-state index in [1.54, 1.807) is 24.3 Å². The predicted octanol–water partition coefficient (Wildman–Crippen LogP) is 0.826. The molecule has 0 unspecified atom stereocenters. The van der Waals surface area contributed by atoms with Gasteiger partial charge in [-0.2, -0.15) is 0 Å². The van der Waals surface area contributed by atoms with Crippen molar-refractivity contribution >= 4 is 5.91 Å². The molecule has 2 N–H and O–H groups in total. The van der Waals surface area contributed by atoms with Crippen LogP contribution in [0.2, 0.25) is 0 Å². The second-order valence-electron chi connectivity index (χ2n) is 4.10. The van der Waals surface area contributed by atoms with Crippen molar-refractivity contribution in [1.82, 2.24) is 10.2 Å². The van der Waals surface area contributed by atoms with E-state index < -0.39 is 0 Å². The van der Waals surface area contributed by atoms with Crippen LogP contribution in [0.5, 0.6) is 5.75 Å². The number of nitrogens with zero attached hydrogens (tertiary/aromatic N) is 1. The topological polar surface area (TPSA) is 52.6 Å². The highest BCUT2D eigenvalue weighted by molar-refractivity contribution is 5.94. The van der Waals surface area contributed by atoms with Crippen molar-refractivity contribution in [3.8, 4) is 5.75 Å². The zero-order valence-corrected chi connectivity index (χ0v) is 9.31. The van der Waals surface area contributed by atoms with Gasteiger partial charge in [-0.15, -0.1) is 0 Å². The molecule has 1 aromatic rings. The SMILES string of the molecule is C[C@@H]1CNCCN1C(=O)c1ccc(O)cc1. The molecule has 1 fully saturated rings. The van der Waals surface area contributed by atoms with E-state index in [2.05, 4.69) is 5.32 Å². The summed E-state index contributed by atoms with van der Waals surface area (Å²) in [4.78, 5) is 14.0. The van der Waals surface area contributed by atoms with Gasteiger partial charge in [0.25, 0.3) is 5.91 Å². The Hall–Kier alpha value is -1.55. The van der Waals surface area contributed by atoms with Gasteiger partial charge in [0.15, 0.2) is 0 Å². The summed E-state index contributed by atoms with van der Waals surface area (Å²) >= 11 is 0. The van der Waals surface area contributed by atoms with Crippen molar-refractivity contribution in [2.24, 2.45) is 0 Å². The number of hydrogen-bond donors (Lipinski definition) is 2. The van der Waals surface area contributed by atoms with Gasteiger partial charge in [0.2, 0.25) is 0 Å². The molecule has 16 heavy (non-hydrogen) atoms. The second kappa shape index (κ2) is 4.53. The maximum atomic E-state index is 12.1. The maximum absolute atomic E-state index is 12.1. The van der Waals surface area contributed by atoms with Crippen molar-refractivity contribution < 1.29 is 9.90 Å². The van der Waals surface area contributed by atoms with E-state index in [4.69, 9.17) is 5.11 Å². The van der Waals surface area contributed by atoms with Gasteiger partial charge in [-0.1, -0.05) is 0 Å². The lowest BCUT2D eigenvalue weighted by atomic mass is 10.1. The minimum atomic E-state index is 0.0361. The van der Waals surface area contributed by atoms with Crippen LogP contribution in [0.3, 0.4) is 0 Å².